The van der Waals surface area contributed by atoms with E-state index < -0.39 is 0 Å². The molecule has 0 amide bonds. The van der Waals surface area contributed by atoms with Gasteiger partial charge in [-0.2, -0.15) is 0 Å². The van der Waals surface area contributed by atoms with Crippen molar-refractivity contribution in [3.05, 3.63) is 0 Å². The first kappa shape index (κ1) is 15.0. The quantitative estimate of drug-likeness (QED) is 0.675. The third kappa shape index (κ3) is 6.19. The molecule has 1 nitrogen and oxygen atoms in total. The fourth-order valence-corrected chi connectivity index (χ4v) is 2.17. The molecule has 1 heteroatoms. The van der Waals surface area contributed by atoms with Gasteiger partial charge in [-0.25, -0.2) is 0 Å². The first-order valence-electron chi connectivity index (χ1n) is 6.65. The van der Waals surface area contributed by atoms with E-state index in [0.29, 0.717) is 11.5 Å². The monoisotopic (exact) mass is 213 g/mol. The van der Waals surface area contributed by atoms with Crippen LogP contribution in [0.15, 0.2) is 0 Å². The maximum atomic E-state index is 2.48. The van der Waals surface area contributed by atoms with Gasteiger partial charge in [-0.3, -0.25) is 0 Å². The van der Waals surface area contributed by atoms with E-state index in [1.54, 1.807) is 0 Å². The lowest BCUT2D eigenvalue weighted by atomic mass is 9.88. The molecule has 0 unspecified atom stereocenters. The van der Waals surface area contributed by atoms with Gasteiger partial charge in [0.25, 0.3) is 0 Å². The fraction of sp³-hybridized carbons (Fsp3) is 1.00. The molecule has 0 aromatic rings. The lowest BCUT2D eigenvalue weighted by Crippen LogP contribution is -2.35. The van der Waals surface area contributed by atoms with Crippen molar-refractivity contribution in [1.29, 1.82) is 0 Å². The maximum absolute atomic E-state index is 2.48. The second-order valence-electron chi connectivity index (χ2n) is 5.73. The minimum Gasteiger partial charge on any atom is -0.303 e. The molecule has 1 aliphatic carbocycles. The molecule has 0 bridgehead atoms. The summed E-state index contributed by atoms with van der Waals surface area (Å²) < 4.78 is 0. The summed E-state index contributed by atoms with van der Waals surface area (Å²) in [6.45, 7) is 12.5. The molecule has 92 valence electrons. The first-order valence-corrected chi connectivity index (χ1v) is 6.65. The molecule has 0 spiro atoms. The third-order valence-corrected chi connectivity index (χ3v) is 3.32. The normalized spacial score (nSPS) is 19.2. The number of rotatable bonds is 3. The average Bonchev–Trinajstić information content (AvgIpc) is 2.53. The highest BCUT2D eigenvalue weighted by Gasteiger charge is 2.29. The summed E-state index contributed by atoms with van der Waals surface area (Å²) in [6.07, 6.45) is 7.01. The zero-order valence-corrected chi connectivity index (χ0v) is 11.8. The molecule has 1 saturated carbocycles. The second kappa shape index (κ2) is 7.27. The van der Waals surface area contributed by atoms with Gasteiger partial charge in [0.1, 0.15) is 0 Å². The number of hydrogen-bond donors (Lipinski definition) is 0. The second-order valence-corrected chi connectivity index (χ2v) is 5.73. The molecule has 0 N–H and O–H groups in total. The predicted molar refractivity (Wildman–Crippen MR) is 70.3 cm³/mol. The van der Waals surface area contributed by atoms with Gasteiger partial charge in [0.05, 0.1) is 0 Å². The van der Waals surface area contributed by atoms with Gasteiger partial charge in [-0.1, -0.05) is 40.0 Å². The van der Waals surface area contributed by atoms with E-state index in [-0.39, 0.29) is 0 Å². The van der Waals surface area contributed by atoms with E-state index in [1.807, 2.05) is 0 Å². The highest BCUT2D eigenvalue weighted by molar-refractivity contribution is 4.83. The van der Waals surface area contributed by atoms with E-state index in [9.17, 15) is 0 Å². The summed E-state index contributed by atoms with van der Waals surface area (Å²) in [7, 11) is 2.24. The Bertz CT molecular complexity index is 145. The average molecular weight is 213 g/mol. The van der Waals surface area contributed by atoms with E-state index in [1.165, 1.54) is 38.6 Å². The molecule has 15 heavy (non-hydrogen) atoms. The molecule has 1 aliphatic rings. The largest absolute Gasteiger partial charge is 0.303 e. The molecule has 0 aromatic carbocycles. The van der Waals surface area contributed by atoms with Crippen LogP contribution in [0, 0.1) is 5.41 Å². The van der Waals surface area contributed by atoms with Crippen molar-refractivity contribution in [1.82, 2.24) is 4.90 Å². The fourth-order valence-electron chi connectivity index (χ4n) is 2.17. The summed E-state index contributed by atoms with van der Waals surface area (Å²) >= 11 is 0. The zero-order valence-electron chi connectivity index (χ0n) is 11.8. The highest BCUT2D eigenvalue weighted by Crippen LogP contribution is 2.38. The highest BCUT2D eigenvalue weighted by atomic mass is 15.1. The molecular weight excluding hydrogens is 182 g/mol. The summed E-state index contributed by atoms with van der Waals surface area (Å²) in [4.78, 5) is 2.48. The lowest BCUT2D eigenvalue weighted by Gasteiger charge is -2.32. The van der Waals surface area contributed by atoms with Gasteiger partial charge in [-0.05, 0) is 39.2 Å². The van der Waals surface area contributed by atoms with Crippen LogP contribution in [0.4, 0.5) is 0 Å². The van der Waals surface area contributed by atoms with Crippen LogP contribution in [0.3, 0.4) is 0 Å². The van der Waals surface area contributed by atoms with Crippen molar-refractivity contribution < 1.29 is 0 Å². The Hall–Kier alpha value is -0.0400. The summed E-state index contributed by atoms with van der Waals surface area (Å²) in [5, 5.41) is 0. The summed E-state index contributed by atoms with van der Waals surface area (Å²) in [6, 6.07) is 0.697. The van der Waals surface area contributed by atoms with Crippen LogP contribution >= 0.6 is 0 Å². The smallest absolute Gasteiger partial charge is 0.00357 e. The van der Waals surface area contributed by atoms with Crippen molar-refractivity contribution in [2.24, 2.45) is 5.41 Å². The molecule has 0 radical (unpaired) electrons. The first-order chi connectivity index (χ1) is 6.95. The third-order valence-electron chi connectivity index (χ3n) is 3.32. The van der Waals surface area contributed by atoms with Gasteiger partial charge in [0, 0.05) is 12.6 Å². The van der Waals surface area contributed by atoms with Crippen molar-refractivity contribution >= 4 is 0 Å². The Labute approximate surface area is 97.2 Å². The molecule has 0 saturated heterocycles. The Morgan fingerprint density at radius 3 is 1.87 bits per heavy atom. The van der Waals surface area contributed by atoms with Crippen LogP contribution in [-0.2, 0) is 0 Å². The zero-order chi connectivity index (χ0) is 11.9. The van der Waals surface area contributed by atoms with Crippen LogP contribution in [0.2, 0.25) is 0 Å². The molecule has 1 rings (SSSR count). The molecule has 1 fully saturated rings. The van der Waals surface area contributed by atoms with Crippen LogP contribution in [-0.4, -0.2) is 24.5 Å². The van der Waals surface area contributed by atoms with Crippen molar-refractivity contribution in [2.45, 2.75) is 72.8 Å². The van der Waals surface area contributed by atoms with Gasteiger partial charge < -0.3 is 4.90 Å². The van der Waals surface area contributed by atoms with Gasteiger partial charge in [-0.15, -0.1) is 0 Å². The molecular formula is C14H31N. The van der Waals surface area contributed by atoms with Gasteiger partial charge in [0.2, 0.25) is 0 Å². The Balaban J connectivity index is 0.000000583. The topological polar surface area (TPSA) is 3.24 Å². The molecule has 0 atom stereocenters. The number of nitrogens with zero attached hydrogens (tertiary/aromatic N) is 1. The Kier molecular flexibility index (Phi) is 7.25. The molecule has 0 heterocycles. The minimum absolute atomic E-state index is 0.624. The van der Waals surface area contributed by atoms with Crippen LogP contribution in [0.25, 0.3) is 0 Å². The van der Waals surface area contributed by atoms with Crippen LogP contribution < -0.4 is 0 Å². The van der Waals surface area contributed by atoms with E-state index >= 15 is 0 Å². The van der Waals surface area contributed by atoms with Crippen molar-refractivity contribution in [2.75, 3.05) is 13.6 Å². The van der Waals surface area contributed by atoms with E-state index in [0.717, 1.165) is 0 Å². The predicted octanol–water partition coefficient (Wildman–Crippen LogP) is 4.32. The van der Waals surface area contributed by atoms with Gasteiger partial charge in [0.15, 0.2) is 0 Å². The molecule has 0 aliphatic heterocycles. The number of hydrogen-bond acceptors (Lipinski definition) is 1. The lowest BCUT2D eigenvalue weighted by molar-refractivity contribution is 0.166. The van der Waals surface area contributed by atoms with E-state index in [2.05, 4.69) is 46.6 Å². The van der Waals surface area contributed by atoms with E-state index in [4.69, 9.17) is 0 Å². The Morgan fingerprint density at radius 2 is 1.53 bits per heavy atom. The molecule has 0 aromatic heterocycles. The SMILES string of the molecule is CC(C)N(C)CC1(C)CCCC1.CCC. The van der Waals surface area contributed by atoms with Crippen LogP contribution in [0.1, 0.15) is 66.7 Å². The van der Waals surface area contributed by atoms with Crippen LogP contribution in [0.5, 0.6) is 0 Å². The van der Waals surface area contributed by atoms with Crippen molar-refractivity contribution in [3.8, 4) is 0 Å². The van der Waals surface area contributed by atoms with Gasteiger partial charge >= 0.3 is 0 Å². The standard InChI is InChI=1S/C11H23N.C3H8/c1-10(2)12(4)9-11(3)7-5-6-8-11;1-3-2/h10H,5-9H2,1-4H3;3H2,1-2H3. The summed E-state index contributed by atoms with van der Waals surface area (Å²) in [5.41, 5.74) is 0.624. The maximum Gasteiger partial charge on any atom is 0.00357 e. The summed E-state index contributed by atoms with van der Waals surface area (Å²) in [5.74, 6) is 0. The minimum atomic E-state index is 0.624. The van der Waals surface area contributed by atoms with Crippen molar-refractivity contribution in [3.63, 3.8) is 0 Å². The Morgan fingerprint density at radius 1 is 1.13 bits per heavy atom.